The number of aromatic nitrogens is 1. The quantitative estimate of drug-likeness (QED) is 0.884. The van der Waals surface area contributed by atoms with E-state index >= 15 is 0 Å². The van der Waals surface area contributed by atoms with Crippen molar-refractivity contribution in [3.05, 3.63) is 35.4 Å². The summed E-state index contributed by atoms with van der Waals surface area (Å²) in [5, 5.41) is 20.8. The Kier molecular flexibility index (Phi) is 3.08. The van der Waals surface area contributed by atoms with E-state index in [-0.39, 0.29) is 11.8 Å². The molecule has 0 bridgehead atoms. The van der Waals surface area contributed by atoms with Gasteiger partial charge in [-0.1, -0.05) is 6.92 Å². The molecule has 0 saturated heterocycles. The highest BCUT2D eigenvalue weighted by atomic mass is 16.5. The zero-order valence-electron chi connectivity index (χ0n) is 11.8. The second-order valence-corrected chi connectivity index (χ2v) is 5.49. The van der Waals surface area contributed by atoms with Gasteiger partial charge in [0, 0.05) is 11.1 Å². The van der Waals surface area contributed by atoms with Crippen LogP contribution in [0.3, 0.4) is 0 Å². The van der Waals surface area contributed by atoms with E-state index in [2.05, 4.69) is 6.92 Å². The van der Waals surface area contributed by atoms with Crippen molar-refractivity contribution in [3.63, 3.8) is 0 Å². The summed E-state index contributed by atoms with van der Waals surface area (Å²) in [4.78, 5) is 0. The zero-order chi connectivity index (χ0) is 14.3. The van der Waals surface area contributed by atoms with Gasteiger partial charge >= 0.3 is 0 Å². The van der Waals surface area contributed by atoms with E-state index in [9.17, 15) is 10.2 Å². The second-order valence-electron chi connectivity index (χ2n) is 5.49. The summed E-state index contributed by atoms with van der Waals surface area (Å²) in [6, 6.07) is 7.28. The van der Waals surface area contributed by atoms with Crippen molar-refractivity contribution in [1.82, 2.24) is 4.57 Å². The third-order valence-corrected chi connectivity index (χ3v) is 4.10. The van der Waals surface area contributed by atoms with E-state index in [1.807, 2.05) is 24.3 Å². The van der Waals surface area contributed by atoms with Gasteiger partial charge in [-0.05, 0) is 49.4 Å². The molecule has 20 heavy (non-hydrogen) atoms. The number of rotatable bonds is 2. The Morgan fingerprint density at radius 1 is 1.10 bits per heavy atom. The van der Waals surface area contributed by atoms with E-state index < -0.39 is 0 Å². The minimum atomic E-state index is 0.161. The molecule has 0 aliphatic heterocycles. The highest BCUT2D eigenvalue weighted by Crippen LogP contribution is 2.42. The Bertz CT molecular complexity index is 628. The van der Waals surface area contributed by atoms with Crippen molar-refractivity contribution in [1.29, 1.82) is 0 Å². The molecule has 1 aliphatic rings. The van der Waals surface area contributed by atoms with E-state index in [0.29, 0.717) is 5.92 Å². The van der Waals surface area contributed by atoms with Crippen molar-refractivity contribution < 1.29 is 14.9 Å². The predicted molar refractivity (Wildman–Crippen MR) is 76.8 cm³/mol. The molecule has 3 rings (SSSR count). The molecule has 1 atom stereocenters. The van der Waals surface area contributed by atoms with Gasteiger partial charge in [0.25, 0.3) is 0 Å². The average Bonchev–Trinajstić information content (AvgIpc) is 2.71. The molecule has 0 saturated carbocycles. The lowest BCUT2D eigenvalue weighted by Gasteiger charge is -2.17. The van der Waals surface area contributed by atoms with Crippen LogP contribution in [0.2, 0.25) is 0 Å². The first-order valence-corrected chi connectivity index (χ1v) is 6.90. The van der Waals surface area contributed by atoms with Crippen molar-refractivity contribution in [2.24, 2.45) is 5.92 Å². The number of benzene rings is 1. The summed E-state index contributed by atoms with van der Waals surface area (Å²) < 4.78 is 6.64. The Labute approximate surface area is 118 Å². The Hall–Kier alpha value is -2.10. The number of aromatic hydroxyl groups is 2. The predicted octanol–water partition coefficient (Wildman–Crippen LogP) is 3.02. The van der Waals surface area contributed by atoms with Gasteiger partial charge in [0.05, 0.1) is 12.8 Å². The van der Waals surface area contributed by atoms with Crippen molar-refractivity contribution in [2.45, 2.75) is 26.2 Å². The maximum atomic E-state index is 10.4. The molecule has 1 unspecified atom stereocenters. The molecule has 1 aliphatic carbocycles. The van der Waals surface area contributed by atoms with Gasteiger partial charge in [-0.25, -0.2) is 0 Å². The van der Waals surface area contributed by atoms with Crippen LogP contribution in [0.15, 0.2) is 24.3 Å². The summed E-state index contributed by atoms with van der Waals surface area (Å²) in [7, 11) is 1.61. The van der Waals surface area contributed by atoms with Crippen LogP contribution < -0.4 is 4.74 Å². The molecule has 2 N–H and O–H groups in total. The van der Waals surface area contributed by atoms with Crippen molar-refractivity contribution >= 4 is 0 Å². The maximum absolute atomic E-state index is 10.4. The van der Waals surface area contributed by atoms with Gasteiger partial charge in [-0.15, -0.1) is 0 Å². The van der Waals surface area contributed by atoms with Crippen LogP contribution >= 0.6 is 0 Å². The summed E-state index contributed by atoms with van der Waals surface area (Å²) >= 11 is 0. The fraction of sp³-hybridized carbons (Fsp3) is 0.375. The van der Waals surface area contributed by atoms with E-state index in [0.717, 1.165) is 41.8 Å². The Morgan fingerprint density at radius 3 is 2.40 bits per heavy atom. The minimum Gasteiger partial charge on any atom is -0.497 e. The van der Waals surface area contributed by atoms with E-state index in [1.54, 1.807) is 7.11 Å². The molecule has 0 fully saturated rings. The number of hydrogen-bond acceptors (Lipinski definition) is 3. The molecule has 1 heterocycles. The van der Waals surface area contributed by atoms with Crippen LogP contribution in [0.5, 0.6) is 17.5 Å². The SMILES string of the molecule is COc1ccc(-n2c(O)c3c(c2O)CC(C)CC3)cc1. The molecule has 106 valence electrons. The highest BCUT2D eigenvalue weighted by molar-refractivity contribution is 5.54. The van der Waals surface area contributed by atoms with Crippen LogP contribution in [0, 0.1) is 5.92 Å². The lowest BCUT2D eigenvalue weighted by molar-refractivity contribution is 0.398. The van der Waals surface area contributed by atoms with Crippen molar-refractivity contribution in [2.75, 3.05) is 7.11 Å². The summed E-state index contributed by atoms with van der Waals surface area (Å²) in [5.74, 6) is 1.61. The second kappa shape index (κ2) is 4.78. The van der Waals surface area contributed by atoms with Gasteiger partial charge < -0.3 is 14.9 Å². The van der Waals surface area contributed by atoms with Crippen LogP contribution in [0.4, 0.5) is 0 Å². The lowest BCUT2D eigenvalue weighted by Crippen LogP contribution is -2.09. The molecular formula is C16H19NO3. The fourth-order valence-electron chi connectivity index (χ4n) is 2.93. The first kappa shape index (κ1) is 12.9. The van der Waals surface area contributed by atoms with Crippen LogP contribution in [-0.4, -0.2) is 21.9 Å². The number of nitrogens with zero attached hydrogens (tertiary/aromatic N) is 1. The average molecular weight is 273 g/mol. The number of ether oxygens (including phenoxy) is 1. The third-order valence-electron chi connectivity index (χ3n) is 4.10. The van der Waals surface area contributed by atoms with Gasteiger partial charge in [0.2, 0.25) is 11.8 Å². The lowest BCUT2D eigenvalue weighted by atomic mass is 9.87. The molecule has 4 heteroatoms. The Balaban J connectivity index is 2.09. The summed E-state index contributed by atoms with van der Waals surface area (Å²) in [6.45, 7) is 2.17. The normalized spacial score (nSPS) is 17.8. The number of fused-ring (bicyclic) bond motifs is 1. The van der Waals surface area contributed by atoms with Gasteiger partial charge in [-0.3, -0.25) is 4.57 Å². The first-order chi connectivity index (χ1) is 9.61. The summed E-state index contributed by atoms with van der Waals surface area (Å²) in [6.07, 6.45) is 2.68. The molecule has 0 amide bonds. The van der Waals surface area contributed by atoms with Gasteiger partial charge in [-0.2, -0.15) is 0 Å². The maximum Gasteiger partial charge on any atom is 0.202 e. The largest absolute Gasteiger partial charge is 0.497 e. The monoisotopic (exact) mass is 273 g/mol. The standard InChI is InChI=1S/C16H19NO3/c1-10-3-8-13-14(9-10)16(19)17(15(13)18)11-4-6-12(20-2)7-5-11/h4-7,10,18-19H,3,8-9H2,1-2H3. The molecular weight excluding hydrogens is 254 g/mol. The molecule has 2 aromatic rings. The van der Waals surface area contributed by atoms with Crippen LogP contribution in [0.25, 0.3) is 5.69 Å². The van der Waals surface area contributed by atoms with Crippen molar-refractivity contribution in [3.8, 4) is 23.2 Å². The minimum absolute atomic E-state index is 0.161. The zero-order valence-corrected chi connectivity index (χ0v) is 11.8. The first-order valence-electron chi connectivity index (χ1n) is 6.90. The molecule has 0 spiro atoms. The fourth-order valence-corrected chi connectivity index (χ4v) is 2.93. The third kappa shape index (κ3) is 1.92. The smallest absolute Gasteiger partial charge is 0.202 e. The highest BCUT2D eigenvalue weighted by Gasteiger charge is 2.27. The topological polar surface area (TPSA) is 54.6 Å². The van der Waals surface area contributed by atoms with Crippen LogP contribution in [-0.2, 0) is 12.8 Å². The Morgan fingerprint density at radius 2 is 1.75 bits per heavy atom. The van der Waals surface area contributed by atoms with Crippen LogP contribution in [0.1, 0.15) is 24.5 Å². The van der Waals surface area contributed by atoms with Gasteiger partial charge in [0.1, 0.15) is 5.75 Å². The molecule has 4 nitrogen and oxygen atoms in total. The summed E-state index contributed by atoms with van der Waals surface area (Å²) in [5.41, 5.74) is 2.51. The van der Waals surface area contributed by atoms with E-state index in [4.69, 9.17) is 4.74 Å². The van der Waals surface area contributed by atoms with E-state index in [1.165, 1.54) is 4.57 Å². The molecule has 0 radical (unpaired) electrons. The molecule has 1 aromatic heterocycles. The number of hydrogen-bond donors (Lipinski definition) is 2. The van der Waals surface area contributed by atoms with Gasteiger partial charge in [0.15, 0.2) is 0 Å². The molecule has 1 aromatic carbocycles. The number of methoxy groups -OCH3 is 1.